The van der Waals surface area contributed by atoms with Crippen LogP contribution in [0.1, 0.15) is 55.0 Å². The van der Waals surface area contributed by atoms with E-state index in [1.807, 2.05) is 73.7 Å². The molecular formula is C34H36N8O3. The molecule has 1 fully saturated rings. The molecule has 0 radical (unpaired) electrons. The number of phenolic OH excluding ortho intramolecular Hbond substituents is 1. The van der Waals surface area contributed by atoms with E-state index < -0.39 is 0 Å². The Balaban J connectivity index is 1.42. The number of phenols is 1. The molecular weight excluding hydrogens is 568 g/mol. The number of benzene rings is 3. The summed E-state index contributed by atoms with van der Waals surface area (Å²) in [5, 5.41) is 29.0. The van der Waals surface area contributed by atoms with E-state index in [-0.39, 0.29) is 39.8 Å². The summed E-state index contributed by atoms with van der Waals surface area (Å²) >= 11 is 0. The molecule has 2 aromatic heterocycles. The highest BCUT2D eigenvalue weighted by Gasteiger charge is 2.23. The maximum absolute atomic E-state index is 13.4. The largest absolute Gasteiger partial charge is 0.505 e. The Morgan fingerprint density at radius 2 is 1.16 bits per heavy atom. The van der Waals surface area contributed by atoms with Gasteiger partial charge in [0.25, 0.3) is 11.1 Å². The van der Waals surface area contributed by atoms with Gasteiger partial charge in [0.2, 0.25) is 0 Å². The van der Waals surface area contributed by atoms with Crippen molar-refractivity contribution in [1.29, 1.82) is 0 Å². The topological polar surface area (TPSA) is 124 Å². The first-order chi connectivity index (χ1) is 21.8. The van der Waals surface area contributed by atoms with Gasteiger partial charge in [0.05, 0.1) is 28.5 Å². The molecule has 11 nitrogen and oxygen atoms in total. The Labute approximate surface area is 260 Å². The van der Waals surface area contributed by atoms with Crippen LogP contribution in [0.2, 0.25) is 0 Å². The standard InChI is InChI=1S/C34H36N8O3/c1-22-30(33(44)41(39(22)3)26-16-10-6-11-17-26)37-35-25-20-28(24-14-8-5-9-15-24)32(43)29(21-25)36-38-31-23(2)40(4)42(34(31)45)27-18-12-7-13-19-27/h6-7,10-13,16-21,24,43H,5,8-9,14-15H2,1-4H3. The summed E-state index contributed by atoms with van der Waals surface area (Å²) in [4.78, 5) is 26.8. The van der Waals surface area contributed by atoms with Crippen LogP contribution in [0.3, 0.4) is 0 Å². The van der Waals surface area contributed by atoms with Crippen LogP contribution in [0.25, 0.3) is 11.4 Å². The van der Waals surface area contributed by atoms with Crippen molar-refractivity contribution in [2.45, 2.75) is 51.9 Å². The maximum atomic E-state index is 13.4. The molecule has 0 amide bonds. The van der Waals surface area contributed by atoms with Gasteiger partial charge in [0.1, 0.15) is 11.4 Å². The Kier molecular flexibility index (Phi) is 8.16. The van der Waals surface area contributed by atoms with Crippen molar-refractivity contribution in [1.82, 2.24) is 18.7 Å². The third-order valence-corrected chi connectivity index (χ3v) is 8.72. The van der Waals surface area contributed by atoms with Crippen LogP contribution in [0, 0.1) is 13.8 Å². The second-order valence-electron chi connectivity index (χ2n) is 11.5. The second kappa shape index (κ2) is 12.4. The summed E-state index contributed by atoms with van der Waals surface area (Å²) in [6.45, 7) is 3.63. The van der Waals surface area contributed by atoms with Crippen LogP contribution >= 0.6 is 0 Å². The van der Waals surface area contributed by atoms with Crippen molar-refractivity contribution >= 4 is 22.7 Å². The van der Waals surface area contributed by atoms with E-state index in [0.29, 0.717) is 22.8 Å². The van der Waals surface area contributed by atoms with E-state index >= 15 is 0 Å². The summed E-state index contributed by atoms with van der Waals surface area (Å²) < 4.78 is 6.57. The number of rotatable bonds is 7. The number of aromatic hydroxyl groups is 1. The first-order valence-corrected chi connectivity index (χ1v) is 15.1. The smallest absolute Gasteiger partial charge is 0.299 e. The first-order valence-electron chi connectivity index (χ1n) is 15.1. The summed E-state index contributed by atoms with van der Waals surface area (Å²) in [6, 6.07) is 22.1. The summed E-state index contributed by atoms with van der Waals surface area (Å²) in [5.41, 5.74) is 3.86. The normalized spacial score (nSPS) is 14.2. The third kappa shape index (κ3) is 5.57. The predicted molar refractivity (Wildman–Crippen MR) is 174 cm³/mol. The molecule has 45 heavy (non-hydrogen) atoms. The molecule has 6 rings (SSSR count). The van der Waals surface area contributed by atoms with Crippen LogP contribution in [0.5, 0.6) is 5.75 Å². The van der Waals surface area contributed by atoms with Gasteiger partial charge in [0.15, 0.2) is 11.4 Å². The Hall–Kier alpha value is -5.32. The zero-order valence-electron chi connectivity index (χ0n) is 25.9. The number of nitrogens with zero attached hydrogens (tertiary/aromatic N) is 8. The van der Waals surface area contributed by atoms with Crippen molar-refractivity contribution in [3.8, 4) is 17.1 Å². The number of hydrogen-bond acceptors (Lipinski definition) is 7. The van der Waals surface area contributed by atoms with Crippen molar-refractivity contribution in [2.75, 3.05) is 0 Å². The Morgan fingerprint density at radius 3 is 1.67 bits per heavy atom. The van der Waals surface area contributed by atoms with Crippen LogP contribution in [0.4, 0.5) is 22.7 Å². The van der Waals surface area contributed by atoms with Gasteiger partial charge in [-0.1, -0.05) is 55.7 Å². The van der Waals surface area contributed by atoms with Gasteiger partial charge in [-0.15, -0.1) is 15.3 Å². The number of azo groups is 2. The van der Waals surface area contributed by atoms with Crippen molar-refractivity contribution in [2.24, 2.45) is 34.6 Å². The van der Waals surface area contributed by atoms with Gasteiger partial charge in [0, 0.05) is 19.7 Å². The molecule has 0 bridgehead atoms. The molecule has 230 valence electrons. The van der Waals surface area contributed by atoms with Crippen molar-refractivity contribution < 1.29 is 5.11 Å². The fraction of sp³-hybridized carbons (Fsp3) is 0.294. The van der Waals surface area contributed by atoms with E-state index in [1.165, 1.54) is 4.68 Å². The van der Waals surface area contributed by atoms with Crippen LogP contribution in [-0.2, 0) is 14.1 Å². The molecule has 3 aromatic carbocycles. The summed E-state index contributed by atoms with van der Waals surface area (Å²) in [7, 11) is 3.60. The minimum Gasteiger partial charge on any atom is -0.505 e. The molecule has 5 aromatic rings. The minimum absolute atomic E-state index is 0.0175. The molecule has 1 aliphatic carbocycles. The second-order valence-corrected chi connectivity index (χ2v) is 11.5. The Bertz CT molecular complexity index is 2030. The highest BCUT2D eigenvalue weighted by atomic mass is 16.3. The number of aromatic nitrogens is 4. The van der Waals surface area contributed by atoms with Crippen molar-refractivity contribution in [3.05, 3.63) is 110 Å². The SMILES string of the molecule is Cc1c(N=Nc2cc(N=Nc3c(C)n(C)n(-c4ccccc4)c3=O)c(O)c(C3CCCCC3)c2)c(=O)n(-c2ccccc2)n1C. The van der Waals surface area contributed by atoms with Gasteiger partial charge in [-0.2, -0.15) is 5.11 Å². The number of hydrogen-bond donors (Lipinski definition) is 1. The zero-order valence-corrected chi connectivity index (χ0v) is 25.9. The molecule has 0 atom stereocenters. The molecule has 0 unspecified atom stereocenters. The predicted octanol–water partition coefficient (Wildman–Crippen LogP) is 7.87. The average molecular weight is 605 g/mol. The van der Waals surface area contributed by atoms with Crippen LogP contribution in [0.15, 0.2) is 103 Å². The third-order valence-electron chi connectivity index (χ3n) is 8.72. The summed E-state index contributed by atoms with van der Waals surface area (Å²) in [6.07, 6.45) is 5.16. The van der Waals surface area contributed by atoms with Gasteiger partial charge in [-0.05, 0) is 69.0 Å². The molecule has 1 N–H and O–H groups in total. The molecule has 1 aliphatic rings. The zero-order chi connectivity index (χ0) is 31.7. The minimum atomic E-state index is -0.318. The molecule has 1 saturated carbocycles. The van der Waals surface area contributed by atoms with Gasteiger partial charge in [-0.3, -0.25) is 19.0 Å². The van der Waals surface area contributed by atoms with Gasteiger partial charge >= 0.3 is 0 Å². The first kappa shape index (κ1) is 29.7. The van der Waals surface area contributed by atoms with Crippen molar-refractivity contribution in [3.63, 3.8) is 0 Å². The highest BCUT2D eigenvalue weighted by Crippen LogP contribution is 2.44. The molecule has 0 spiro atoms. The van der Waals surface area contributed by atoms with Crippen LogP contribution < -0.4 is 11.1 Å². The summed E-state index contributed by atoms with van der Waals surface area (Å²) in [5.74, 6) is 0.147. The lowest BCUT2D eigenvalue weighted by Gasteiger charge is -2.23. The lowest BCUT2D eigenvalue weighted by molar-refractivity contribution is 0.415. The fourth-order valence-corrected chi connectivity index (χ4v) is 6.03. The van der Waals surface area contributed by atoms with E-state index in [2.05, 4.69) is 20.5 Å². The quantitative estimate of drug-likeness (QED) is 0.190. The molecule has 0 saturated heterocycles. The fourth-order valence-electron chi connectivity index (χ4n) is 6.03. The van der Waals surface area contributed by atoms with Gasteiger partial charge in [-0.25, -0.2) is 9.36 Å². The lowest BCUT2D eigenvalue weighted by Crippen LogP contribution is -2.19. The lowest BCUT2D eigenvalue weighted by atomic mass is 9.83. The maximum Gasteiger partial charge on any atom is 0.299 e. The highest BCUT2D eigenvalue weighted by molar-refractivity contribution is 5.64. The van der Waals surface area contributed by atoms with E-state index in [4.69, 9.17) is 0 Å². The van der Waals surface area contributed by atoms with E-state index in [0.717, 1.165) is 43.4 Å². The molecule has 11 heteroatoms. The van der Waals surface area contributed by atoms with Gasteiger partial charge < -0.3 is 5.11 Å². The number of para-hydroxylation sites is 2. The van der Waals surface area contributed by atoms with E-state index in [9.17, 15) is 14.7 Å². The monoisotopic (exact) mass is 604 g/mol. The van der Waals surface area contributed by atoms with E-state index in [1.54, 1.807) is 41.1 Å². The molecule has 0 aliphatic heterocycles. The molecule has 2 heterocycles. The Morgan fingerprint density at radius 1 is 0.667 bits per heavy atom. The average Bonchev–Trinajstić information content (AvgIpc) is 3.41. The van der Waals surface area contributed by atoms with Crippen LogP contribution in [-0.4, -0.2) is 23.8 Å².